The molecule has 1 aliphatic heterocycles. The molecule has 0 saturated carbocycles. The zero-order chi connectivity index (χ0) is 24.7. The third kappa shape index (κ3) is 6.48. The van der Waals surface area contributed by atoms with Gasteiger partial charge in [0.25, 0.3) is 5.91 Å². The fourth-order valence-electron chi connectivity index (χ4n) is 4.04. The van der Waals surface area contributed by atoms with E-state index in [0.717, 1.165) is 16.9 Å². The van der Waals surface area contributed by atoms with Crippen molar-refractivity contribution >= 4 is 15.9 Å². The number of piperazine rings is 1. The monoisotopic (exact) mass is 493 g/mol. The second-order valence-corrected chi connectivity index (χ2v) is 10.4. The van der Waals surface area contributed by atoms with Crippen molar-refractivity contribution in [2.75, 3.05) is 32.8 Å². The summed E-state index contributed by atoms with van der Waals surface area (Å²) in [6.07, 6.45) is 0. The van der Waals surface area contributed by atoms with Crippen LogP contribution >= 0.6 is 0 Å². The molecule has 4 rings (SSSR count). The van der Waals surface area contributed by atoms with Gasteiger partial charge < -0.3 is 10.1 Å². The van der Waals surface area contributed by atoms with E-state index in [-0.39, 0.29) is 5.91 Å². The molecule has 3 aromatic carbocycles. The number of sulfonamides is 1. The zero-order valence-electron chi connectivity index (χ0n) is 19.9. The lowest BCUT2D eigenvalue weighted by Crippen LogP contribution is -2.48. The van der Waals surface area contributed by atoms with E-state index in [9.17, 15) is 13.2 Å². The van der Waals surface area contributed by atoms with Gasteiger partial charge in [-0.05, 0) is 54.4 Å². The molecule has 1 heterocycles. The molecule has 35 heavy (non-hydrogen) atoms. The van der Waals surface area contributed by atoms with Crippen LogP contribution in [0.25, 0.3) is 0 Å². The number of hydrogen-bond acceptors (Lipinski definition) is 5. The van der Waals surface area contributed by atoms with Gasteiger partial charge in [-0.15, -0.1) is 0 Å². The summed E-state index contributed by atoms with van der Waals surface area (Å²) >= 11 is 0. The van der Waals surface area contributed by atoms with E-state index in [1.165, 1.54) is 0 Å². The summed E-state index contributed by atoms with van der Waals surface area (Å²) in [5.74, 6) is 0.697. The molecule has 0 spiro atoms. The molecule has 1 fully saturated rings. The highest BCUT2D eigenvalue weighted by molar-refractivity contribution is 7.89. The van der Waals surface area contributed by atoms with Gasteiger partial charge in [-0.25, -0.2) is 8.42 Å². The van der Waals surface area contributed by atoms with Gasteiger partial charge in [-0.2, -0.15) is 4.31 Å². The molecule has 1 saturated heterocycles. The first-order valence-electron chi connectivity index (χ1n) is 11.8. The second-order valence-electron chi connectivity index (χ2n) is 8.45. The van der Waals surface area contributed by atoms with Crippen LogP contribution in [0.5, 0.6) is 5.75 Å². The average molecular weight is 494 g/mol. The number of amides is 1. The molecule has 0 aromatic heterocycles. The minimum absolute atomic E-state index is 0.120. The van der Waals surface area contributed by atoms with Crippen molar-refractivity contribution in [3.63, 3.8) is 0 Å². The lowest BCUT2D eigenvalue weighted by molar-refractivity contribution is 0.0951. The van der Waals surface area contributed by atoms with E-state index in [2.05, 4.69) is 10.2 Å². The molecular formula is C27H31N3O4S. The molecule has 1 aliphatic rings. The van der Waals surface area contributed by atoms with Gasteiger partial charge in [-0.3, -0.25) is 9.69 Å². The maximum atomic E-state index is 12.8. The van der Waals surface area contributed by atoms with Crippen LogP contribution in [0.1, 0.15) is 28.4 Å². The quantitative estimate of drug-likeness (QED) is 0.494. The first kappa shape index (κ1) is 24.9. The predicted octanol–water partition coefficient (Wildman–Crippen LogP) is 3.52. The van der Waals surface area contributed by atoms with E-state index in [1.807, 2.05) is 61.5 Å². The molecule has 1 amide bonds. The molecule has 1 N–H and O–H groups in total. The Morgan fingerprint density at radius 1 is 0.857 bits per heavy atom. The maximum absolute atomic E-state index is 12.8. The van der Waals surface area contributed by atoms with E-state index in [4.69, 9.17) is 4.74 Å². The molecule has 3 aromatic rings. The Morgan fingerprint density at radius 3 is 2.11 bits per heavy atom. The van der Waals surface area contributed by atoms with E-state index < -0.39 is 10.0 Å². The third-order valence-electron chi connectivity index (χ3n) is 6.02. The number of nitrogens with zero attached hydrogens (tertiary/aromatic N) is 2. The molecule has 0 aliphatic carbocycles. The molecular weight excluding hydrogens is 462 g/mol. The fourth-order valence-corrected chi connectivity index (χ4v) is 5.49. The molecule has 0 atom stereocenters. The molecule has 8 heteroatoms. The van der Waals surface area contributed by atoms with E-state index in [1.54, 1.807) is 28.6 Å². The van der Waals surface area contributed by atoms with Crippen LogP contribution in [0.3, 0.4) is 0 Å². The van der Waals surface area contributed by atoms with Crippen LogP contribution in [0, 0.1) is 0 Å². The summed E-state index contributed by atoms with van der Waals surface area (Å²) in [5, 5.41) is 2.95. The molecule has 0 unspecified atom stereocenters. The molecule has 0 radical (unpaired) electrons. The van der Waals surface area contributed by atoms with Crippen molar-refractivity contribution in [2.45, 2.75) is 24.9 Å². The minimum atomic E-state index is -3.45. The Hall–Kier alpha value is -3.20. The fraction of sp³-hybridized carbons (Fsp3) is 0.296. The summed E-state index contributed by atoms with van der Waals surface area (Å²) in [6, 6.07) is 23.8. The highest BCUT2D eigenvalue weighted by atomic mass is 32.2. The highest BCUT2D eigenvalue weighted by Gasteiger charge is 2.28. The Morgan fingerprint density at radius 2 is 1.49 bits per heavy atom. The molecule has 0 bridgehead atoms. The number of hydrogen-bond donors (Lipinski definition) is 1. The minimum Gasteiger partial charge on any atom is -0.494 e. The zero-order valence-corrected chi connectivity index (χ0v) is 20.7. The highest BCUT2D eigenvalue weighted by Crippen LogP contribution is 2.18. The van der Waals surface area contributed by atoms with Crippen molar-refractivity contribution in [1.29, 1.82) is 0 Å². The van der Waals surface area contributed by atoms with Crippen molar-refractivity contribution in [1.82, 2.24) is 14.5 Å². The van der Waals surface area contributed by atoms with Gasteiger partial charge in [-0.1, -0.05) is 42.5 Å². The number of carbonyl (C=O) groups is 1. The number of benzene rings is 3. The smallest absolute Gasteiger partial charge is 0.251 e. The molecule has 184 valence electrons. The summed E-state index contributed by atoms with van der Waals surface area (Å²) < 4.78 is 32.6. The van der Waals surface area contributed by atoms with Gasteiger partial charge in [0.2, 0.25) is 10.0 Å². The Balaban J connectivity index is 1.25. The first-order chi connectivity index (χ1) is 17.0. The maximum Gasteiger partial charge on any atom is 0.251 e. The van der Waals surface area contributed by atoms with Gasteiger partial charge in [0.1, 0.15) is 5.75 Å². The van der Waals surface area contributed by atoms with Gasteiger partial charge in [0.05, 0.1) is 11.5 Å². The van der Waals surface area contributed by atoms with Gasteiger partial charge >= 0.3 is 0 Å². The van der Waals surface area contributed by atoms with Crippen LogP contribution in [0.4, 0.5) is 0 Å². The van der Waals surface area contributed by atoms with E-state index in [0.29, 0.717) is 56.3 Å². The summed E-state index contributed by atoms with van der Waals surface area (Å²) in [7, 11) is -3.45. The van der Waals surface area contributed by atoms with E-state index >= 15 is 0 Å². The Labute approximate surface area is 207 Å². The van der Waals surface area contributed by atoms with Gasteiger partial charge in [0.15, 0.2) is 0 Å². The van der Waals surface area contributed by atoms with Crippen LogP contribution < -0.4 is 10.1 Å². The standard InChI is InChI=1S/C27H31N3O4S/c1-2-34-25-14-10-22(11-15-25)20-28-27(31)24-12-8-23(9-13-24)21-29-16-18-30(19-17-29)35(32,33)26-6-4-3-5-7-26/h3-15H,2,16-21H2,1H3,(H,28,31). The number of ether oxygens (including phenoxy) is 1. The normalized spacial score (nSPS) is 15.0. The second kappa shape index (κ2) is 11.5. The van der Waals surface area contributed by atoms with Crippen LogP contribution in [0.2, 0.25) is 0 Å². The van der Waals surface area contributed by atoms with Crippen molar-refractivity contribution in [3.8, 4) is 5.75 Å². The lowest BCUT2D eigenvalue weighted by atomic mass is 10.1. The summed E-state index contributed by atoms with van der Waals surface area (Å²) in [4.78, 5) is 15.1. The van der Waals surface area contributed by atoms with Crippen molar-refractivity contribution in [2.24, 2.45) is 0 Å². The van der Waals surface area contributed by atoms with Crippen LogP contribution in [-0.2, 0) is 23.1 Å². The number of carbonyl (C=O) groups excluding carboxylic acids is 1. The van der Waals surface area contributed by atoms with Gasteiger partial charge in [0, 0.05) is 44.8 Å². The first-order valence-corrected chi connectivity index (χ1v) is 13.3. The third-order valence-corrected chi connectivity index (χ3v) is 7.93. The van der Waals surface area contributed by atoms with Crippen LogP contribution in [-0.4, -0.2) is 56.3 Å². The Bertz CT molecular complexity index is 1210. The Kier molecular flexibility index (Phi) is 8.17. The summed E-state index contributed by atoms with van der Waals surface area (Å²) in [5.41, 5.74) is 2.71. The molecule has 7 nitrogen and oxygen atoms in total. The predicted molar refractivity (Wildman–Crippen MR) is 136 cm³/mol. The lowest BCUT2D eigenvalue weighted by Gasteiger charge is -2.34. The number of nitrogens with one attached hydrogen (secondary N) is 1. The topological polar surface area (TPSA) is 79.0 Å². The summed E-state index contributed by atoms with van der Waals surface area (Å²) in [6.45, 7) is 5.98. The van der Waals surface area contributed by atoms with Crippen LogP contribution in [0.15, 0.2) is 83.8 Å². The largest absolute Gasteiger partial charge is 0.494 e. The number of rotatable bonds is 9. The average Bonchev–Trinajstić information content (AvgIpc) is 2.89. The van der Waals surface area contributed by atoms with Crippen molar-refractivity contribution in [3.05, 3.63) is 95.6 Å². The SMILES string of the molecule is CCOc1ccc(CNC(=O)c2ccc(CN3CCN(S(=O)(=O)c4ccccc4)CC3)cc2)cc1. The van der Waals surface area contributed by atoms with Crippen molar-refractivity contribution < 1.29 is 17.9 Å².